The maximum Gasteiger partial charge on any atom is 0.322 e. The van der Waals surface area contributed by atoms with Crippen LogP contribution in [0, 0.1) is 16.7 Å². The molecule has 0 bridgehead atoms. The second kappa shape index (κ2) is 8.19. The molecule has 0 aliphatic heterocycles. The lowest BCUT2D eigenvalue weighted by atomic mass is 9.51. The van der Waals surface area contributed by atoms with Crippen LogP contribution in [0.5, 0.6) is 0 Å². The number of hydrogen-bond acceptors (Lipinski definition) is 3. The molecule has 0 amide bonds. The Bertz CT molecular complexity index is 492. The van der Waals surface area contributed by atoms with Crippen molar-refractivity contribution >= 4 is 17.9 Å². The Labute approximate surface area is 148 Å². The molecule has 0 heterocycles. The number of carboxylic acids is 3. The lowest BCUT2D eigenvalue weighted by Crippen LogP contribution is -2.61. The molecule has 0 aromatic rings. The van der Waals surface area contributed by atoms with Crippen molar-refractivity contribution < 1.29 is 29.7 Å². The highest BCUT2D eigenvalue weighted by Gasteiger charge is 2.68. The zero-order valence-electron chi connectivity index (χ0n) is 14.8. The fourth-order valence-corrected chi connectivity index (χ4v) is 5.24. The molecule has 0 radical (unpaired) electrons. The first-order valence-electron chi connectivity index (χ1n) is 9.60. The molecule has 2 fully saturated rings. The van der Waals surface area contributed by atoms with Gasteiger partial charge >= 0.3 is 17.9 Å². The van der Waals surface area contributed by atoms with Gasteiger partial charge in [0, 0.05) is 0 Å². The molecule has 2 aliphatic carbocycles. The highest BCUT2D eigenvalue weighted by atomic mass is 16.4. The molecule has 25 heavy (non-hydrogen) atoms. The van der Waals surface area contributed by atoms with Crippen molar-refractivity contribution in [3.63, 3.8) is 0 Å². The van der Waals surface area contributed by atoms with E-state index >= 15 is 0 Å². The highest BCUT2D eigenvalue weighted by molar-refractivity contribution is 6.04. The van der Waals surface area contributed by atoms with Gasteiger partial charge in [0.25, 0.3) is 0 Å². The summed E-state index contributed by atoms with van der Waals surface area (Å²) in [5.74, 6) is -4.59. The van der Waals surface area contributed by atoms with Gasteiger partial charge in [0.05, 0.1) is 5.41 Å². The van der Waals surface area contributed by atoms with Crippen molar-refractivity contribution in [1.29, 1.82) is 0 Å². The second-order valence-electron chi connectivity index (χ2n) is 7.75. The third-order valence-corrected chi connectivity index (χ3v) is 6.55. The third-order valence-electron chi connectivity index (χ3n) is 6.55. The van der Waals surface area contributed by atoms with Crippen LogP contribution in [0.2, 0.25) is 0 Å². The van der Waals surface area contributed by atoms with Gasteiger partial charge in [-0.1, -0.05) is 57.8 Å². The molecule has 0 aromatic carbocycles. The summed E-state index contributed by atoms with van der Waals surface area (Å²) in [4.78, 5) is 37.0. The monoisotopic (exact) mass is 354 g/mol. The summed E-state index contributed by atoms with van der Waals surface area (Å²) in [5.41, 5.74) is -3.95. The molecule has 0 aromatic heterocycles. The van der Waals surface area contributed by atoms with E-state index in [2.05, 4.69) is 0 Å². The summed E-state index contributed by atoms with van der Waals surface area (Å²) in [6.45, 7) is 0. The maximum atomic E-state index is 12.5. The van der Waals surface area contributed by atoms with E-state index in [1.54, 1.807) is 0 Å². The maximum absolute atomic E-state index is 12.5. The first-order chi connectivity index (χ1) is 11.9. The summed E-state index contributed by atoms with van der Waals surface area (Å²) in [6, 6.07) is 0. The van der Waals surface area contributed by atoms with Crippen LogP contribution >= 0.6 is 0 Å². The van der Waals surface area contributed by atoms with Gasteiger partial charge in [0.15, 0.2) is 5.41 Å². The van der Waals surface area contributed by atoms with Crippen molar-refractivity contribution in [3.8, 4) is 0 Å². The fraction of sp³-hybridized carbons (Fsp3) is 0.842. The molecule has 1 unspecified atom stereocenters. The number of carbonyl (C=O) groups is 3. The molecule has 0 saturated heterocycles. The Kier molecular flexibility index (Phi) is 6.47. The Morgan fingerprint density at radius 2 is 1.04 bits per heavy atom. The van der Waals surface area contributed by atoms with Gasteiger partial charge < -0.3 is 15.3 Å². The van der Waals surface area contributed by atoms with Gasteiger partial charge in [-0.05, 0) is 31.6 Å². The molecule has 1 atom stereocenters. The third kappa shape index (κ3) is 3.40. The van der Waals surface area contributed by atoms with Crippen LogP contribution in [0.4, 0.5) is 0 Å². The molecule has 142 valence electrons. The normalized spacial score (nSPS) is 28.8. The average Bonchev–Trinajstić information content (AvgIpc) is 2.47. The van der Waals surface area contributed by atoms with Crippen molar-refractivity contribution in [2.75, 3.05) is 0 Å². The number of hydrogen-bond donors (Lipinski definition) is 3. The van der Waals surface area contributed by atoms with E-state index in [9.17, 15) is 29.7 Å². The van der Waals surface area contributed by atoms with Crippen molar-refractivity contribution in [2.24, 2.45) is 16.7 Å². The molecule has 2 aliphatic rings. The van der Waals surface area contributed by atoms with Gasteiger partial charge in [-0.25, -0.2) is 0 Å². The lowest BCUT2D eigenvalue weighted by Gasteiger charge is -2.48. The van der Waals surface area contributed by atoms with Gasteiger partial charge in [-0.2, -0.15) is 0 Å². The van der Waals surface area contributed by atoms with Crippen LogP contribution in [0.25, 0.3) is 0 Å². The van der Waals surface area contributed by atoms with Crippen LogP contribution in [0.1, 0.15) is 83.5 Å². The van der Waals surface area contributed by atoms with Gasteiger partial charge in [-0.15, -0.1) is 0 Å². The van der Waals surface area contributed by atoms with Crippen LogP contribution in [0.15, 0.2) is 0 Å². The predicted molar refractivity (Wildman–Crippen MR) is 91.3 cm³/mol. The molecule has 2 saturated carbocycles. The first kappa shape index (κ1) is 19.7. The summed E-state index contributed by atoms with van der Waals surface area (Å²) in [5, 5.41) is 30.2. The Morgan fingerprint density at radius 3 is 1.52 bits per heavy atom. The molecular weight excluding hydrogens is 324 g/mol. The Balaban J connectivity index is 2.61. The standard InChI is InChI=1S/C19H30O6/c20-15(21)18(14-10-6-2-1-3-7-11-14)12-8-4-5-9-13-19(18,16(22)23)17(24)25/h14H,1-13H2,(H,20,21)(H,22,23)(H,24,25). The Hall–Kier alpha value is -1.59. The quantitative estimate of drug-likeness (QED) is 0.660. The van der Waals surface area contributed by atoms with E-state index < -0.39 is 34.7 Å². The minimum Gasteiger partial charge on any atom is -0.481 e. The largest absolute Gasteiger partial charge is 0.481 e. The average molecular weight is 354 g/mol. The summed E-state index contributed by atoms with van der Waals surface area (Å²) >= 11 is 0. The summed E-state index contributed by atoms with van der Waals surface area (Å²) < 4.78 is 0. The summed E-state index contributed by atoms with van der Waals surface area (Å²) in [6.07, 6.45) is 8.65. The van der Waals surface area contributed by atoms with E-state index in [0.29, 0.717) is 25.7 Å². The van der Waals surface area contributed by atoms with E-state index in [1.807, 2.05) is 0 Å². The first-order valence-corrected chi connectivity index (χ1v) is 9.60. The lowest BCUT2D eigenvalue weighted by molar-refractivity contribution is -0.196. The van der Waals surface area contributed by atoms with Gasteiger partial charge in [-0.3, -0.25) is 14.4 Å². The fourth-order valence-electron chi connectivity index (χ4n) is 5.24. The number of carboxylic acid groups (broad SMARTS) is 3. The molecule has 6 heteroatoms. The van der Waals surface area contributed by atoms with E-state index in [0.717, 1.165) is 44.9 Å². The zero-order valence-corrected chi connectivity index (χ0v) is 14.8. The Morgan fingerprint density at radius 1 is 0.600 bits per heavy atom. The number of aliphatic carboxylic acids is 3. The van der Waals surface area contributed by atoms with Crippen LogP contribution in [-0.4, -0.2) is 33.2 Å². The van der Waals surface area contributed by atoms with Gasteiger partial charge in [0.1, 0.15) is 0 Å². The van der Waals surface area contributed by atoms with Gasteiger partial charge in [0.2, 0.25) is 0 Å². The van der Waals surface area contributed by atoms with E-state index in [1.165, 1.54) is 0 Å². The molecule has 6 nitrogen and oxygen atoms in total. The van der Waals surface area contributed by atoms with Crippen molar-refractivity contribution in [3.05, 3.63) is 0 Å². The summed E-state index contributed by atoms with van der Waals surface area (Å²) in [7, 11) is 0. The van der Waals surface area contributed by atoms with Crippen LogP contribution < -0.4 is 0 Å². The second-order valence-corrected chi connectivity index (χ2v) is 7.75. The SMILES string of the molecule is O=C(O)C1(C(=O)O)CCCCCCC1(C(=O)O)C1CCCCCCC1. The molecule has 2 rings (SSSR count). The van der Waals surface area contributed by atoms with E-state index in [4.69, 9.17) is 0 Å². The molecule has 0 spiro atoms. The number of rotatable bonds is 4. The van der Waals surface area contributed by atoms with Crippen LogP contribution in [-0.2, 0) is 14.4 Å². The van der Waals surface area contributed by atoms with E-state index in [-0.39, 0.29) is 12.8 Å². The minimum atomic E-state index is -2.23. The van der Waals surface area contributed by atoms with Crippen LogP contribution in [0.3, 0.4) is 0 Å². The smallest absolute Gasteiger partial charge is 0.322 e. The van der Waals surface area contributed by atoms with Crippen molar-refractivity contribution in [1.82, 2.24) is 0 Å². The van der Waals surface area contributed by atoms with Crippen molar-refractivity contribution in [2.45, 2.75) is 83.5 Å². The zero-order chi connectivity index (χ0) is 18.5. The predicted octanol–water partition coefficient (Wildman–Crippen LogP) is 3.93. The topological polar surface area (TPSA) is 112 Å². The minimum absolute atomic E-state index is 0.0968. The molecular formula is C19H30O6. The molecule has 3 N–H and O–H groups in total. The highest BCUT2D eigenvalue weighted by Crippen LogP contribution is 2.56.